The van der Waals surface area contributed by atoms with Crippen LogP contribution in [0.3, 0.4) is 0 Å². The predicted octanol–water partition coefficient (Wildman–Crippen LogP) is 4.73. The van der Waals surface area contributed by atoms with E-state index in [1.807, 2.05) is 36.4 Å². The molecule has 0 unspecified atom stereocenters. The first-order valence-corrected chi connectivity index (χ1v) is 11.7. The summed E-state index contributed by atoms with van der Waals surface area (Å²) in [7, 11) is 0. The third-order valence-corrected chi connectivity index (χ3v) is 5.53. The Morgan fingerprint density at radius 1 is 0.946 bits per heavy atom. The molecule has 3 aromatic carbocycles. The number of alkyl carbamates (subject to hydrolysis) is 1. The number of benzene rings is 3. The van der Waals surface area contributed by atoms with Crippen molar-refractivity contribution in [3.63, 3.8) is 0 Å². The molecule has 0 radical (unpaired) electrons. The number of halogens is 1. The maximum Gasteiger partial charge on any atom is 0.407 e. The number of hydrogen-bond acceptors (Lipinski definition) is 6. The molecule has 0 fully saturated rings. The Morgan fingerprint density at radius 3 is 2.38 bits per heavy atom. The minimum Gasteiger partial charge on any atom is -0.445 e. The average Bonchev–Trinajstić information content (AvgIpc) is 3.34. The Balaban J connectivity index is 1.62. The Bertz CT molecular complexity index is 1420. The first-order valence-electron chi connectivity index (χ1n) is 11.4. The fourth-order valence-electron chi connectivity index (χ4n) is 3.60. The molecular weight excluding hydrogens is 492 g/mol. The molecule has 0 aliphatic heterocycles. The van der Waals surface area contributed by atoms with Crippen molar-refractivity contribution in [1.29, 1.82) is 0 Å². The van der Waals surface area contributed by atoms with Crippen LogP contribution in [0.2, 0.25) is 5.02 Å². The summed E-state index contributed by atoms with van der Waals surface area (Å²) in [6.07, 6.45) is 4.68. The fraction of sp³-hybridized carbons (Fsp3) is 0.143. The van der Waals surface area contributed by atoms with Gasteiger partial charge in [0.2, 0.25) is 0 Å². The lowest BCUT2D eigenvalue weighted by Gasteiger charge is -2.15. The van der Waals surface area contributed by atoms with Crippen molar-refractivity contribution in [2.45, 2.75) is 19.8 Å². The van der Waals surface area contributed by atoms with Gasteiger partial charge in [-0.15, -0.1) is 16.6 Å². The molecule has 0 aliphatic carbocycles. The fourth-order valence-corrected chi connectivity index (χ4v) is 3.77. The highest BCUT2D eigenvalue weighted by molar-refractivity contribution is 6.31. The van der Waals surface area contributed by atoms with Crippen LogP contribution in [0.4, 0.5) is 4.79 Å². The highest BCUT2D eigenvalue weighted by Gasteiger charge is 2.22. The maximum absolute atomic E-state index is 13.4. The first kappa shape index (κ1) is 25.6. The molecule has 9 heteroatoms. The standard InChI is InChI=1S/C28H23ClN4O4/c1-2-15-36-19-26-32-31-25(17-30-28(35)37-18-20-9-5-3-6-10-20)33(26)24-14-13-22(29)16-23(24)27(34)21-11-7-4-8-12-21/h1,3-14,16H,15,17-19H2,(H,30,35). The van der Waals surface area contributed by atoms with Gasteiger partial charge in [0.15, 0.2) is 17.4 Å². The molecule has 0 atom stereocenters. The number of rotatable bonds is 10. The van der Waals surface area contributed by atoms with E-state index < -0.39 is 6.09 Å². The second-order valence-corrected chi connectivity index (χ2v) is 8.27. The van der Waals surface area contributed by atoms with Gasteiger partial charge in [-0.05, 0) is 23.8 Å². The largest absolute Gasteiger partial charge is 0.445 e. The summed E-state index contributed by atoms with van der Waals surface area (Å²) < 4.78 is 12.4. The van der Waals surface area contributed by atoms with Crippen LogP contribution in [0.5, 0.6) is 0 Å². The number of carbonyl (C=O) groups is 2. The van der Waals surface area contributed by atoms with Crippen molar-refractivity contribution in [2.75, 3.05) is 6.61 Å². The summed E-state index contributed by atoms with van der Waals surface area (Å²) in [5.41, 5.74) is 2.18. The summed E-state index contributed by atoms with van der Waals surface area (Å²) in [4.78, 5) is 25.8. The van der Waals surface area contributed by atoms with Gasteiger partial charge in [-0.25, -0.2) is 4.79 Å². The minimum atomic E-state index is -0.625. The number of terminal acetylenes is 1. The molecule has 0 saturated heterocycles. The number of amides is 1. The van der Waals surface area contributed by atoms with Crippen molar-refractivity contribution in [2.24, 2.45) is 0 Å². The van der Waals surface area contributed by atoms with Crippen LogP contribution in [-0.4, -0.2) is 33.2 Å². The molecule has 0 spiro atoms. The van der Waals surface area contributed by atoms with E-state index in [1.54, 1.807) is 47.0 Å². The second kappa shape index (κ2) is 12.5. The monoisotopic (exact) mass is 514 g/mol. The molecule has 1 aromatic heterocycles. The van der Waals surface area contributed by atoms with Gasteiger partial charge in [-0.2, -0.15) is 0 Å². The van der Waals surface area contributed by atoms with Crippen molar-refractivity contribution in [3.8, 4) is 18.0 Å². The molecule has 1 amide bonds. The highest BCUT2D eigenvalue weighted by atomic mass is 35.5. The molecule has 4 aromatic rings. The van der Waals surface area contributed by atoms with Crippen LogP contribution in [0, 0.1) is 12.3 Å². The van der Waals surface area contributed by atoms with Crippen molar-refractivity contribution >= 4 is 23.5 Å². The Kier molecular flexibility index (Phi) is 8.66. The van der Waals surface area contributed by atoms with Gasteiger partial charge in [-0.3, -0.25) is 9.36 Å². The number of hydrogen-bond donors (Lipinski definition) is 1. The summed E-state index contributed by atoms with van der Waals surface area (Å²) in [6, 6.07) is 23.1. The zero-order chi connectivity index (χ0) is 26.0. The minimum absolute atomic E-state index is 0.0165. The number of nitrogens with one attached hydrogen (secondary N) is 1. The molecule has 1 heterocycles. The van der Waals surface area contributed by atoms with Gasteiger partial charge < -0.3 is 14.8 Å². The topological polar surface area (TPSA) is 95.3 Å². The van der Waals surface area contributed by atoms with Gasteiger partial charge in [0.1, 0.15) is 19.8 Å². The summed E-state index contributed by atoms with van der Waals surface area (Å²) in [5.74, 6) is 2.93. The van der Waals surface area contributed by atoms with E-state index in [-0.39, 0.29) is 32.1 Å². The normalized spacial score (nSPS) is 10.5. The Morgan fingerprint density at radius 2 is 1.65 bits per heavy atom. The summed E-state index contributed by atoms with van der Waals surface area (Å²) in [6.45, 7) is 0.217. The van der Waals surface area contributed by atoms with E-state index in [9.17, 15) is 9.59 Å². The third kappa shape index (κ3) is 6.61. The molecule has 0 saturated carbocycles. The SMILES string of the molecule is C#CCOCc1nnc(CNC(=O)OCc2ccccc2)n1-c1ccc(Cl)cc1C(=O)c1ccccc1. The van der Waals surface area contributed by atoms with E-state index in [0.29, 0.717) is 33.5 Å². The van der Waals surface area contributed by atoms with E-state index in [2.05, 4.69) is 21.4 Å². The van der Waals surface area contributed by atoms with Crippen LogP contribution in [0.1, 0.15) is 33.1 Å². The van der Waals surface area contributed by atoms with Gasteiger partial charge in [-0.1, -0.05) is 78.2 Å². The molecule has 8 nitrogen and oxygen atoms in total. The van der Waals surface area contributed by atoms with Crippen LogP contribution < -0.4 is 5.32 Å². The van der Waals surface area contributed by atoms with Crippen LogP contribution in [0.25, 0.3) is 5.69 Å². The zero-order valence-electron chi connectivity index (χ0n) is 19.8. The molecule has 4 rings (SSSR count). The predicted molar refractivity (Wildman–Crippen MR) is 138 cm³/mol. The maximum atomic E-state index is 13.4. The zero-order valence-corrected chi connectivity index (χ0v) is 20.5. The van der Waals surface area contributed by atoms with Crippen LogP contribution in [0.15, 0.2) is 78.9 Å². The number of carbonyl (C=O) groups excluding carboxylic acids is 2. The third-order valence-electron chi connectivity index (χ3n) is 5.30. The number of aromatic nitrogens is 3. The molecule has 0 aliphatic rings. The van der Waals surface area contributed by atoms with Gasteiger partial charge in [0, 0.05) is 16.1 Å². The van der Waals surface area contributed by atoms with Crippen molar-refractivity contribution in [1.82, 2.24) is 20.1 Å². The van der Waals surface area contributed by atoms with Crippen molar-refractivity contribution in [3.05, 3.63) is 112 Å². The number of nitrogens with zero attached hydrogens (tertiary/aromatic N) is 3. The molecule has 1 N–H and O–H groups in total. The molecule has 0 bridgehead atoms. The van der Waals surface area contributed by atoms with Gasteiger partial charge >= 0.3 is 6.09 Å². The highest BCUT2D eigenvalue weighted by Crippen LogP contribution is 2.25. The van der Waals surface area contributed by atoms with E-state index in [1.165, 1.54) is 0 Å². The quantitative estimate of drug-likeness (QED) is 0.187. The average molecular weight is 515 g/mol. The van der Waals surface area contributed by atoms with E-state index >= 15 is 0 Å². The number of ketones is 1. The van der Waals surface area contributed by atoms with Crippen molar-refractivity contribution < 1.29 is 19.1 Å². The second-order valence-electron chi connectivity index (χ2n) is 7.84. The lowest BCUT2D eigenvalue weighted by atomic mass is 10.0. The lowest BCUT2D eigenvalue weighted by Crippen LogP contribution is -2.26. The number of ether oxygens (including phenoxy) is 2. The lowest BCUT2D eigenvalue weighted by molar-refractivity contribution is 0.103. The Hall–Kier alpha value is -4.45. The first-order chi connectivity index (χ1) is 18.1. The van der Waals surface area contributed by atoms with Crippen LogP contribution >= 0.6 is 11.6 Å². The van der Waals surface area contributed by atoms with Gasteiger partial charge in [0.05, 0.1) is 12.2 Å². The molecule has 186 valence electrons. The smallest absolute Gasteiger partial charge is 0.407 e. The molecule has 37 heavy (non-hydrogen) atoms. The van der Waals surface area contributed by atoms with Gasteiger partial charge in [0.25, 0.3) is 0 Å². The van der Waals surface area contributed by atoms with E-state index in [4.69, 9.17) is 27.5 Å². The van der Waals surface area contributed by atoms with Crippen LogP contribution in [-0.2, 0) is 29.2 Å². The molecular formula is C28H23ClN4O4. The summed E-state index contributed by atoms with van der Waals surface area (Å²) in [5, 5.41) is 11.5. The van der Waals surface area contributed by atoms with E-state index in [0.717, 1.165) is 5.56 Å². The summed E-state index contributed by atoms with van der Waals surface area (Å²) >= 11 is 6.27. The Labute approximate surface area is 219 Å².